The molecule has 8 N–H and O–H groups in total. The third kappa shape index (κ3) is 12.6. The fourth-order valence-electron chi connectivity index (χ4n) is 5.20. The van der Waals surface area contributed by atoms with Crippen LogP contribution in [0.15, 0.2) is 76.7 Å². The molecule has 4 atom stereocenters. The number of phenols is 2. The van der Waals surface area contributed by atoms with E-state index < -0.39 is 29.7 Å². The number of hydrogen-bond donors (Lipinski definition) is 7. The van der Waals surface area contributed by atoms with Gasteiger partial charge in [-0.05, 0) is 69.6 Å². The van der Waals surface area contributed by atoms with Crippen LogP contribution in [-0.4, -0.2) is 69.9 Å². The number of aliphatic hydroxyl groups is 1. The predicted octanol–water partition coefficient (Wildman–Crippen LogP) is 3.93. The number of allylic oxidation sites excluding steroid dienone is 4. The van der Waals surface area contributed by atoms with Gasteiger partial charge in [0.2, 0.25) is 11.6 Å². The number of phenolic OH excluding ortho intramolecular Hbond substituents is 2. The topological polar surface area (TPSA) is 209 Å². The molecule has 0 aromatic heterocycles. The number of Topliss-reactive ketones (excluding diaryl/α,β-unsaturated/α-hetero) is 1. The van der Waals surface area contributed by atoms with Gasteiger partial charge in [-0.1, -0.05) is 49.8 Å². The fraction of sp³-hybridized carbons (Fsp3) is 0.429. The van der Waals surface area contributed by atoms with Crippen molar-refractivity contribution in [2.24, 2.45) is 17.6 Å². The molecule has 1 aliphatic heterocycles. The van der Waals surface area contributed by atoms with Crippen LogP contribution in [0.4, 0.5) is 4.79 Å². The molecule has 2 aliphatic rings. The molecular formula is C35H47N3O9. The Balaban J connectivity index is 0.00000181. The van der Waals surface area contributed by atoms with Crippen LogP contribution in [-0.2, 0) is 25.5 Å². The first kappa shape index (κ1) is 38.5. The van der Waals surface area contributed by atoms with Crippen molar-refractivity contribution in [3.05, 3.63) is 82.3 Å². The van der Waals surface area contributed by atoms with Crippen LogP contribution in [0.2, 0.25) is 0 Å². The van der Waals surface area contributed by atoms with Crippen LogP contribution in [0.5, 0.6) is 11.5 Å². The van der Waals surface area contributed by atoms with Gasteiger partial charge in [-0.15, -0.1) is 0 Å². The number of rotatable bonds is 5. The molecule has 1 aliphatic carbocycles. The maximum atomic E-state index is 13.7. The number of nitrogens with one attached hydrogen (secondary N) is 2. The molecule has 1 heterocycles. The molecule has 12 heteroatoms. The smallest absolute Gasteiger partial charge is 0.402 e. The molecule has 2 bridgehead atoms. The number of amides is 2. The number of ether oxygens (including phenoxy) is 1. The van der Waals surface area contributed by atoms with E-state index in [0.717, 1.165) is 17.2 Å². The second kappa shape index (κ2) is 18.5. The summed E-state index contributed by atoms with van der Waals surface area (Å²) >= 11 is 0. The van der Waals surface area contributed by atoms with Gasteiger partial charge >= 0.3 is 6.09 Å². The number of hydrogen-bond acceptors (Lipinski definition) is 9. The fourth-order valence-corrected chi connectivity index (χ4v) is 5.20. The van der Waals surface area contributed by atoms with Crippen molar-refractivity contribution < 1.29 is 44.3 Å². The minimum atomic E-state index is -1.33. The number of primary amides is 1. The Hall–Kier alpha value is -4.68. The zero-order valence-electron chi connectivity index (χ0n) is 27.6. The zero-order valence-corrected chi connectivity index (χ0v) is 27.6. The molecule has 47 heavy (non-hydrogen) atoms. The summed E-state index contributed by atoms with van der Waals surface area (Å²) in [5.41, 5.74) is 6.58. The number of aliphatic hydroxyl groups excluding tert-OH is 1. The van der Waals surface area contributed by atoms with Gasteiger partial charge in [0.1, 0.15) is 0 Å². The monoisotopic (exact) mass is 653 g/mol. The summed E-state index contributed by atoms with van der Waals surface area (Å²) in [5.74, 6) is -1.92. The van der Waals surface area contributed by atoms with E-state index in [1.165, 1.54) is 12.1 Å². The highest BCUT2D eigenvalue weighted by atomic mass is 16.5. The average molecular weight is 654 g/mol. The van der Waals surface area contributed by atoms with Gasteiger partial charge in [0.05, 0.1) is 23.6 Å². The lowest BCUT2D eigenvalue weighted by Gasteiger charge is -2.24. The Kier molecular flexibility index (Phi) is 15.1. The van der Waals surface area contributed by atoms with Gasteiger partial charge in [-0.25, -0.2) is 4.79 Å². The maximum Gasteiger partial charge on any atom is 0.402 e. The molecule has 4 unspecified atom stereocenters. The zero-order chi connectivity index (χ0) is 35.3. The predicted molar refractivity (Wildman–Crippen MR) is 177 cm³/mol. The van der Waals surface area contributed by atoms with Crippen molar-refractivity contribution in [2.75, 3.05) is 13.7 Å². The highest BCUT2D eigenvalue weighted by Gasteiger charge is 2.31. The third-order valence-electron chi connectivity index (χ3n) is 7.86. The van der Waals surface area contributed by atoms with Gasteiger partial charge in [-0.3, -0.25) is 14.4 Å². The average Bonchev–Trinajstić information content (AvgIpc) is 2.99. The molecule has 3 rings (SSSR count). The molecule has 0 spiro atoms. The number of methoxy groups -OCH3 is 1. The molecule has 1 aromatic carbocycles. The summed E-state index contributed by atoms with van der Waals surface area (Å²) in [6.45, 7) is 7.87. The largest absolute Gasteiger partial charge is 0.504 e. The van der Waals surface area contributed by atoms with Crippen LogP contribution in [0.1, 0.15) is 58.9 Å². The van der Waals surface area contributed by atoms with Gasteiger partial charge < -0.3 is 41.5 Å². The van der Waals surface area contributed by atoms with Gasteiger partial charge in [0, 0.05) is 36.8 Å². The van der Waals surface area contributed by atoms with Crippen molar-refractivity contribution >= 4 is 23.6 Å². The quantitative estimate of drug-likeness (QED) is 0.138. The standard InChI is InChI=1S/C34H44N2O7.CH3NO2/c1-20-9-11-28(37)23(4)15-21(2)16-25(43-5)8-6-7-22(3)34(42)36-27-19-31(40)32(26(17-20)33(27)41)35-14-13-24-10-12-29(38)30(39)18-24;2-1(3)4/h6-8,10,12,15,18-20,23,25,28,35,37-39H,9,11,13-14,16-17H2,1-5H3,(H,36,42);2H2,(H,3,4)/b8-6-,21-15+,22-7+;. The van der Waals surface area contributed by atoms with Crippen molar-refractivity contribution in [2.45, 2.75) is 72.0 Å². The second-order valence-corrected chi connectivity index (χ2v) is 11.9. The highest BCUT2D eigenvalue weighted by Crippen LogP contribution is 2.28. The first-order chi connectivity index (χ1) is 22.1. The summed E-state index contributed by atoms with van der Waals surface area (Å²) in [6.07, 6.45) is 8.77. The summed E-state index contributed by atoms with van der Waals surface area (Å²) in [4.78, 5) is 48.7. The first-order valence-electron chi connectivity index (χ1n) is 15.4. The van der Waals surface area contributed by atoms with E-state index in [-0.39, 0.29) is 52.8 Å². The Bertz CT molecular complexity index is 1470. The second-order valence-electron chi connectivity index (χ2n) is 11.9. The lowest BCUT2D eigenvalue weighted by molar-refractivity contribution is -0.120. The normalized spacial score (nSPS) is 26.0. The summed E-state index contributed by atoms with van der Waals surface area (Å²) < 4.78 is 5.57. The lowest BCUT2D eigenvalue weighted by atomic mass is 9.86. The number of carboxylic acid groups (broad SMARTS) is 1. The van der Waals surface area contributed by atoms with Gasteiger partial charge in [0.15, 0.2) is 11.5 Å². The van der Waals surface area contributed by atoms with E-state index in [2.05, 4.69) is 22.4 Å². The molecule has 12 nitrogen and oxygen atoms in total. The number of carbonyl (C=O) groups is 4. The lowest BCUT2D eigenvalue weighted by Crippen LogP contribution is -2.36. The van der Waals surface area contributed by atoms with Crippen LogP contribution < -0.4 is 16.4 Å². The SMILES string of the molecule is COC1/C=C\C=C(/C)C(=O)NC2=CC(=O)C(NCCc3ccc(O)c(O)c3)=C(CC(C)CCC(O)C(C)/C=C(\C)C1)C2=O.NC(=O)O. The number of carbonyl (C=O) groups excluding carboxylic acids is 3. The Morgan fingerprint density at radius 3 is 2.40 bits per heavy atom. The Labute approximate surface area is 275 Å². The minimum absolute atomic E-state index is 0.0367. The number of fused-ring (bicyclic) bond motifs is 2. The van der Waals surface area contributed by atoms with Crippen molar-refractivity contribution in [1.29, 1.82) is 0 Å². The van der Waals surface area contributed by atoms with E-state index in [1.54, 1.807) is 32.3 Å². The molecule has 2 amide bonds. The minimum Gasteiger partial charge on any atom is -0.504 e. The first-order valence-corrected chi connectivity index (χ1v) is 15.4. The summed E-state index contributed by atoms with van der Waals surface area (Å²) in [5, 5.41) is 43.2. The Morgan fingerprint density at radius 2 is 1.77 bits per heavy atom. The molecule has 0 fully saturated rings. The maximum absolute atomic E-state index is 13.7. The molecule has 0 saturated carbocycles. The van der Waals surface area contributed by atoms with Crippen LogP contribution in [0, 0.1) is 11.8 Å². The van der Waals surface area contributed by atoms with E-state index in [0.29, 0.717) is 37.8 Å². The number of ketones is 2. The Morgan fingerprint density at radius 1 is 1.09 bits per heavy atom. The molecule has 0 saturated heterocycles. The van der Waals surface area contributed by atoms with Gasteiger partial charge in [-0.2, -0.15) is 0 Å². The third-order valence-corrected chi connectivity index (χ3v) is 7.86. The van der Waals surface area contributed by atoms with Crippen molar-refractivity contribution in [1.82, 2.24) is 10.6 Å². The molecule has 256 valence electrons. The van der Waals surface area contributed by atoms with Crippen molar-refractivity contribution in [3.63, 3.8) is 0 Å². The van der Waals surface area contributed by atoms with Crippen LogP contribution >= 0.6 is 0 Å². The highest BCUT2D eigenvalue weighted by molar-refractivity contribution is 6.23. The number of aromatic hydroxyl groups is 2. The number of benzene rings is 1. The van der Waals surface area contributed by atoms with Crippen LogP contribution in [0.25, 0.3) is 0 Å². The molecule has 1 aromatic rings. The number of nitrogens with two attached hydrogens (primary N) is 1. The summed E-state index contributed by atoms with van der Waals surface area (Å²) in [7, 11) is 1.62. The van der Waals surface area contributed by atoms with E-state index >= 15 is 0 Å². The van der Waals surface area contributed by atoms with Crippen LogP contribution in [0.3, 0.4) is 0 Å². The van der Waals surface area contributed by atoms with Gasteiger partial charge in [0.25, 0.3) is 5.91 Å². The molecular weight excluding hydrogens is 606 g/mol. The van der Waals surface area contributed by atoms with E-state index in [9.17, 15) is 29.7 Å². The summed E-state index contributed by atoms with van der Waals surface area (Å²) in [6, 6.07) is 4.50. The van der Waals surface area contributed by atoms with E-state index in [4.69, 9.17) is 14.6 Å². The van der Waals surface area contributed by atoms with Crippen molar-refractivity contribution in [3.8, 4) is 11.5 Å². The van der Waals surface area contributed by atoms with E-state index in [1.807, 2.05) is 26.8 Å². The molecule has 0 radical (unpaired) electrons.